The average Bonchev–Trinajstić information content (AvgIpc) is 2.86. The van der Waals surface area contributed by atoms with Gasteiger partial charge in [-0.3, -0.25) is 9.59 Å². The van der Waals surface area contributed by atoms with E-state index in [0.29, 0.717) is 38.2 Å². The van der Waals surface area contributed by atoms with E-state index >= 15 is 0 Å². The molecule has 1 atom stereocenters. The van der Waals surface area contributed by atoms with Gasteiger partial charge in [0.2, 0.25) is 11.9 Å². The van der Waals surface area contributed by atoms with Crippen molar-refractivity contribution in [2.45, 2.75) is 25.4 Å². The first-order valence-corrected chi connectivity index (χ1v) is 11.2. The van der Waals surface area contributed by atoms with Crippen molar-refractivity contribution in [1.29, 1.82) is 0 Å². The molecule has 2 aromatic heterocycles. The Balaban J connectivity index is 1.22. The molecular weight excluding hydrogens is 465 g/mol. The van der Waals surface area contributed by atoms with E-state index in [1.165, 1.54) is 0 Å². The zero-order valence-electron chi connectivity index (χ0n) is 19.1. The summed E-state index contributed by atoms with van der Waals surface area (Å²) in [4.78, 5) is 35.6. The van der Waals surface area contributed by atoms with Crippen LogP contribution in [0.4, 0.5) is 19.1 Å². The van der Waals surface area contributed by atoms with Crippen molar-refractivity contribution in [3.05, 3.63) is 58.3 Å². The second kappa shape index (κ2) is 10.4. The van der Waals surface area contributed by atoms with Crippen LogP contribution in [0.3, 0.4) is 0 Å². The van der Waals surface area contributed by atoms with E-state index in [-0.39, 0.29) is 36.4 Å². The Kier molecular flexibility index (Phi) is 7.29. The molecule has 3 aromatic rings. The van der Waals surface area contributed by atoms with Crippen LogP contribution in [0.15, 0.2) is 41.6 Å². The molecule has 0 bridgehead atoms. The quantitative estimate of drug-likeness (QED) is 0.508. The van der Waals surface area contributed by atoms with Gasteiger partial charge in [0, 0.05) is 49.9 Å². The van der Waals surface area contributed by atoms with Crippen LogP contribution in [0.5, 0.6) is 0 Å². The molecule has 1 amide bonds. The lowest BCUT2D eigenvalue weighted by Gasteiger charge is -2.34. The standard InChI is InChI=1S/C23H25F3N6O3/c1-15(17-3-2-4-18-19(17)13-29-30-21(18)34)14-35-10-5-20(33)31-6-8-32(9-7-31)22-27-11-16(12-28-22)23(24,25)26/h2-4,11-13,15H,5-10,14H2,1H3,(H,30,34). The summed E-state index contributed by atoms with van der Waals surface area (Å²) in [6.07, 6.45) is -1.09. The van der Waals surface area contributed by atoms with E-state index in [2.05, 4.69) is 20.2 Å². The van der Waals surface area contributed by atoms with Gasteiger partial charge >= 0.3 is 6.18 Å². The highest BCUT2D eigenvalue weighted by atomic mass is 19.4. The number of piperazine rings is 1. The number of carbonyl (C=O) groups excluding carboxylic acids is 1. The van der Waals surface area contributed by atoms with Gasteiger partial charge in [0.15, 0.2) is 0 Å². The van der Waals surface area contributed by atoms with Crippen molar-refractivity contribution < 1.29 is 22.7 Å². The van der Waals surface area contributed by atoms with E-state index in [0.717, 1.165) is 23.3 Å². The summed E-state index contributed by atoms with van der Waals surface area (Å²) in [5.74, 6) is 0.171. The van der Waals surface area contributed by atoms with Crippen LogP contribution < -0.4 is 10.5 Å². The zero-order chi connectivity index (χ0) is 25.0. The number of aromatic nitrogens is 4. The highest BCUT2D eigenvalue weighted by molar-refractivity contribution is 5.84. The number of carbonyl (C=O) groups is 1. The minimum atomic E-state index is -4.48. The average molecular weight is 490 g/mol. The molecular formula is C23H25F3N6O3. The first-order chi connectivity index (χ1) is 16.7. The van der Waals surface area contributed by atoms with Crippen molar-refractivity contribution in [2.75, 3.05) is 44.3 Å². The second-order valence-electron chi connectivity index (χ2n) is 8.37. The maximum atomic E-state index is 12.7. The molecule has 1 aliphatic heterocycles. The number of aromatic amines is 1. The monoisotopic (exact) mass is 490 g/mol. The summed E-state index contributed by atoms with van der Waals surface area (Å²) in [6, 6.07) is 5.50. The van der Waals surface area contributed by atoms with E-state index in [1.807, 2.05) is 19.1 Å². The molecule has 0 spiro atoms. The van der Waals surface area contributed by atoms with Gasteiger partial charge in [-0.2, -0.15) is 18.3 Å². The third kappa shape index (κ3) is 5.76. The molecule has 9 nitrogen and oxygen atoms in total. The molecule has 186 valence electrons. The highest BCUT2D eigenvalue weighted by Gasteiger charge is 2.32. The summed E-state index contributed by atoms with van der Waals surface area (Å²) in [5.41, 5.74) is -0.183. The number of amides is 1. The van der Waals surface area contributed by atoms with Crippen molar-refractivity contribution in [2.24, 2.45) is 0 Å². The fourth-order valence-electron chi connectivity index (χ4n) is 4.02. The number of alkyl halides is 3. The lowest BCUT2D eigenvalue weighted by Crippen LogP contribution is -2.49. The number of halogens is 3. The van der Waals surface area contributed by atoms with Crippen molar-refractivity contribution in [1.82, 2.24) is 25.1 Å². The van der Waals surface area contributed by atoms with Gasteiger partial charge in [0.1, 0.15) is 0 Å². The number of nitrogens with one attached hydrogen (secondary N) is 1. The lowest BCUT2D eigenvalue weighted by atomic mass is 9.97. The van der Waals surface area contributed by atoms with E-state index in [4.69, 9.17) is 4.74 Å². The molecule has 1 N–H and O–H groups in total. The molecule has 1 saturated heterocycles. The molecule has 1 fully saturated rings. The highest BCUT2D eigenvalue weighted by Crippen LogP contribution is 2.28. The van der Waals surface area contributed by atoms with Gasteiger partial charge in [-0.25, -0.2) is 15.1 Å². The number of ether oxygens (including phenoxy) is 1. The van der Waals surface area contributed by atoms with Gasteiger partial charge in [-0.15, -0.1) is 0 Å². The molecule has 0 radical (unpaired) electrons. The minimum absolute atomic E-state index is 0.00433. The van der Waals surface area contributed by atoms with Crippen molar-refractivity contribution >= 4 is 22.6 Å². The Morgan fingerprint density at radius 3 is 2.51 bits per heavy atom. The largest absolute Gasteiger partial charge is 0.419 e. The summed E-state index contributed by atoms with van der Waals surface area (Å²) in [6.45, 7) is 4.36. The number of H-pyrrole nitrogens is 1. The third-order valence-electron chi connectivity index (χ3n) is 5.98. The Labute approximate surface area is 198 Å². The number of fused-ring (bicyclic) bond motifs is 1. The Morgan fingerprint density at radius 1 is 1.11 bits per heavy atom. The fourth-order valence-corrected chi connectivity index (χ4v) is 4.02. The number of nitrogens with zero attached hydrogens (tertiary/aromatic N) is 5. The fraction of sp³-hybridized carbons (Fsp3) is 0.435. The Bertz CT molecular complexity index is 1220. The van der Waals surface area contributed by atoms with Crippen LogP contribution in [-0.2, 0) is 15.7 Å². The molecule has 1 aliphatic rings. The van der Waals surface area contributed by atoms with Crippen LogP contribution in [0.25, 0.3) is 10.8 Å². The summed E-state index contributed by atoms with van der Waals surface area (Å²) < 4.78 is 43.8. The molecule has 35 heavy (non-hydrogen) atoms. The smallest absolute Gasteiger partial charge is 0.380 e. The first kappa shape index (κ1) is 24.6. The third-order valence-corrected chi connectivity index (χ3v) is 5.98. The number of hydrogen-bond donors (Lipinski definition) is 1. The Hall–Kier alpha value is -3.54. The molecule has 1 unspecified atom stereocenters. The molecule has 0 saturated carbocycles. The van der Waals surface area contributed by atoms with Gasteiger partial charge in [-0.1, -0.05) is 19.1 Å². The van der Waals surface area contributed by atoms with Crippen molar-refractivity contribution in [3.8, 4) is 0 Å². The first-order valence-electron chi connectivity index (χ1n) is 11.2. The SMILES string of the molecule is CC(COCCC(=O)N1CCN(c2ncc(C(F)(F)F)cn2)CC1)c1cccc2c(=O)[nH]ncc12. The molecule has 3 heterocycles. The number of anilines is 1. The zero-order valence-corrected chi connectivity index (χ0v) is 19.1. The van der Waals surface area contributed by atoms with Crippen LogP contribution in [0.2, 0.25) is 0 Å². The van der Waals surface area contributed by atoms with Crippen molar-refractivity contribution in [3.63, 3.8) is 0 Å². The van der Waals surface area contributed by atoms with Crippen LogP contribution in [-0.4, -0.2) is 70.4 Å². The predicted molar refractivity (Wildman–Crippen MR) is 122 cm³/mol. The van der Waals surface area contributed by atoms with E-state index in [1.54, 1.807) is 22.1 Å². The summed E-state index contributed by atoms with van der Waals surface area (Å²) in [5, 5.41) is 7.65. The van der Waals surface area contributed by atoms with Gasteiger partial charge in [0.25, 0.3) is 5.56 Å². The van der Waals surface area contributed by atoms with Gasteiger partial charge < -0.3 is 14.5 Å². The predicted octanol–water partition coefficient (Wildman–Crippen LogP) is 2.59. The summed E-state index contributed by atoms with van der Waals surface area (Å²) in [7, 11) is 0. The molecule has 4 rings (SSSR count). The second-order valence-corrected chi connectivity index (χ2v) is 8.37. The van der Waals surface area contributed by atoms with Crippen LogP contribution in [0.1, 0.15) is 30.4 Å². The molecule has 1 aromatic carbocycles. The van der Waals surface area contributed by atoms with Crippen LogP contribution in [0, 0.1) is 0 Å². The van der Waals surface area contributed by atoms with E-state index in [9.17, 15) is 22.8 Å². The Morgan fingerprint density at radius 2 is 1.83 bits per heavy atom. The number of hydrogen-bond acceptors (Lipinski definition) is 7. The van der Waals surface area contributed by atoms with E-state index < -0.39 is 11.7 Å². The number of rotatable bonds is 7. The maximum Gasteiger partial charge on any atom is 0.419 e. The summed E-state index contributed by atoms with van der Waals surface area (Å²) >= 11 is 0. The normalized spacial score (nSPS) is 15.4. The minimum Gasteiger partial charge on any atom is -0.380 e. The van der Waals surface area contributed by atoms with Gasteiger partial charge in [0.05, 0.1) is 36.8 Å². The lowest BCUT2D eigenvalue weighted by molar-refractivity contribution is -0.138. The molecule has 0 aliphatic carbocycles. The van der Waals surface area contributed by atoms with Crippen LogP contribution >= 0.6 is 0 Å². The molecule has 12 heteroatoms. The maximum absolute atomic E-state index is 12.7. The van der Waals surface area contributed by atoms with Gasteiger partial charge in [-0.05, 0) is 11.6 Å². The topological polar surface area (TPSA) is 104 Å². The number of benzene rings is 1.